The molecule has 2 aromatic carbocycles. The summed E-state index contributed by atoms with van der Waals surface area (Å²) in [6.45, 7) is 5.79. The number of hydrazone groups is 1. The number of nitrogens with zero attached hydrogens (tertiary/aromatic N) is 3. The van der Waals surface area contributed by atoms with Crippen LogP contribution in [0.3, 0.4) is 0 Å². The highest BCUT2D eigenvalue weighted by atomic mass is 16.5. The highest BCUT2D eigenvalue weighted by Crippen LogP contribution is 2.32. The third-order valence-corrected chi connectivity index (χ3v) is 5.02. The van der Waals surface area contributed by atoms with E-state index in [9.17, 15) is 9.90 Å². The number of carbonyl (C=O) groups is 1. The van der Waals surface area contributed by atoms with E-state index in [1.54, 1.807) is 50.6 Å². The summed E-state index contributed by atoms with van der Waals surface area (Å²) in [5.41, 5.74) is 5.28. The van der Waals surface area contributed by atoms with Gasteiger partial charge in [0, 0.05) is 36.0 Å². The number of amides is 1. The largest absolute Gasteiger partial charge is 0.507 e. The average molecular weight is 438 g/mol. The molecule has 0 aliphatic carbocycles. The van der Waals surface area contributed by atoms with Crippen LogP contribution in [0.25, 0.3) is 11.3 Å². The zero-order chi connectivity index (χ0) is 23.1. The summed E-state index contributed by atoms with van der Waals surface area (Å²) in [6, 6.07) is 12.3. The van der Waals surface area contributed by atoms with E-state index in [-0.39, 0.29) is 11.4 Å². The minimum absolute atomic E-state index is 0.0846. The SMILES string of the molecule is CCN(CC)c1ccc(C=NNC(=O)c2cc(-c3cc(OC)ccc3OC)n[nH]2)c(O)c1. The third-order valence-electron chi connectivity index (χ3n) is 5.02. The van der Waals surface area contributed by atoms with E-state index < -0.39 is 5.91 Å². The molecule has 0 saturated carbocycles. The number of carbonyl (C=O) groups excluding carboxylic acids is 1. The Morgan fingerprint density at radius 2 is 1.94 bits per heavy atom. The van der Waals surface area contributed by atoms with Crippen LogP contribution in [0.2, 0.25) is 0 Å². The summed E-state index contributed by atoms with van der Waals surface area (Å²) in [5, 5.41) is 21.1. The number of benzene rings is 2. The minimum Gasteiger partial charge on any atom is -0.507 e. The van der Waals surface area contributed by atoms with Crippen LogP contribution in [0.4, 0.5) is 5.69 Å². The first-order chi connectivity index (χ1) is 15.5. The van der Waals surface area contributed by atoms with Crippen molar-refractivity contribution >= 4 is 17.8 Å². The van der Waals surface area contributed by atoms with Crippen LogP contribution in [-0.4, -0.2) is 54.7 Å². The summed E-state index contributed by atoms with van der Waals surface area (Å²) < 4.78 is 10.6. The Labute approximate surface area is 186 Å². The highest BCUT2D eigenvalue weighted by Gasteiger charge is 2.15. The van der Waals surface area contributed by atoms with E-state index >= 15 is 0 Å². The number of aromatic amines is 1. The summed E-state index contributed by atoms with van der Waals surface area (Å²) in [6.07, 6.45) is 1.39. The molecule has 9 nitrogen and oxygen atoms in total. The molecule has 0 unspecified atom stereocenters. The monoisotopic (exact) mass is 437 g/mol. The lowest BCUT2D eigenvalue weighted by molar-refractivity contribution is 0.0950. The van der Waals surface area contributed by atoms with E-state index in [1.807, 2.05) is 6.07 Å². The molecule has 0 aliphatic heterocycles. The van der Waals surface area contributed by atoms with Gasteiger partial charge in [0.25, 0.3) is 5.91 Å². The second-order valence-corrected chi connectivity index (χ2v) is 6.85. The van der Waals surface area contributed by atoms with Gasteiger partial charge in [-0.2, -0.15) is 10.2 Å². The van der Waals surface area contributed by atoms with Gasteiger partial charge in [0.05, 0.1) is 26.1 Å². The van der Waals surface area contributed by atoms with Crippen molar-refractivity contribution in [2.45, 2.75) is 13.8 Å². The normalized spacial score (nSPS) is 10.9. The molecule has 0 saturated heterocycles. The lowest BCUT2D eigenvalue weighted by Gasteiger charge is -2.21. The molecular formula is C23H27N5O4. The van der Waals surface area contributed by atoms with Crippen LogP contribution in [0.1, 0.15) is 29.9 Å². The molecule has 3 rings (SSSR count). The van der Waals surface area contributed by atoms with Crippen LogP contribution in [0.5, 0.6) is 17.2 Å². The van der Waals surface area contributed by atoms with Crippen molar-refractivity contribution in [1.82, 2.24) is 15.6 Å². The third kappa shape index (κ3) is 5.00. The quantitative estimate of drug-likeness (QED) is 0.349. The van der Waals surface area contributed by atoms with Crippen LogP contribution >= 0.6 is 0 Å². The fourth-order valence-electron chi connectivity index (χ4n) is 3.24. The Hall–Kier alpha value is -4.01. The van der Waals surface area contributed by atoms with Crippen LogP contribution in [0, 0.1) is 0 Å². The topological polar surface area (TPSA) is 112 Å². The maximum atomic E-state index is 12.4. The number of aromatic hydroxyl groups is 1. The number of rotatable bonds is 9. The molecular weight excluding hydrogens is 410 g/mol. The van der Waals surface area contributed by atoms with Crippen molar-refractivity contribution in [2.75, 3.05) is 32.2 Å². The summed E-state index contributed by atoms with van der Waals surface area (Å²) in [7, 11) is 3.13. The predicted molar refractivity (Wildman–Crippen MR) is 124 cm³/mol. The Bertz CT molecular complexity index is 1110. The number of ether oxygens (including phenoxy) is 2. The van der Waals surface area contributed by atoms with E-state index in [2.05, 4.69) is 39.5 Å². The molecule has 1 heterocycles. The van der Waals surface area contributed by atoms with Gasteiger partial charge < -0.3 is 19.5 Å². The average Bonchev–Trinajstić information content (AvgIpc) is 3.31. The zero-order valence-electron chi connectivity index (χ0n) is 18.5. The Balaban J connectivity index is 1.70. The first kappa shape index (κ1) is 22.7. The number of phenolic OH excluding ortho intramolecular Hbond substituents is 1. The molecule has 168 valence electrons. The van der Waals surface area contributed by atoms with Crippen LogP contribution in [0.15, 0.2) is 47.6 Å². The van der Waals surface area contributed by atoms with E-state index in [0.29, 0.717) is 28.3 Å². The summed E-state index contributed by atoms with van der Waals surface area (Å²) in [5.74, 6) is 0.861. The molecule has 3 N–H and O–H groups in total. The molecule has 0 atom stereocenters. The lowest BCUT2D eigenvalue weighted by atomic mass is 10.1. The van der Waals surface area contributed by atoms with Crippen molar-refractivity contribution < 1.29 is 19.4 Å². The minimum atomic E-state index is -0.471. The highest BCUT2D eigenvalue weighted by molar-refractivity contribution is 5.94. The lowest BCUT2D eigenvalue weighted by Crippen LogP contribution is -2.21. The second-order valence-electron chi connectivity index (χ2n) is 6.85. The van der Waals surface area contributed by atoms with Crippen molar-refractivity contribution in [3.8, 4) is 28.5 Å². The number of aromatic nitrogens is 2. The van der Waals surface area contributed by atoms with Gasteiger partial charge in [-0.15, -0.1) is 0 Å². The fourth-order valence-corrected chi connectivity index (χ4v) is 3.24. The molecule has 0 fully saturated rings. The van der Waals surface area contributed by atoms with Crippen LogP contribution < -0.4 is 19.8 Å². The molecule has 3 aromatic rings. The summed E-state index contributed by atoms with van der Waals surface area (Å²) >= 11 is 0. The van der Waals surface area contributed by atoms with Gasteiger partial charge in [0.15, 0.2) is 0 Å². The van der Waals surface area contributed by atoms with Crippen molar-refractivity contribution in [1.29, 1.82) is 0 Å². The van der Waals surface area contributed by atoms with Crippen molar-refractivity contribution in [3.05, 3.63) is 53.7 Å². The van der Waals surface area contributed by atoms with Gasteiger partial charge in [-0.3, -0.25) is 9.89 Å². The number of hydrogen-bond donors (Lipinski definition) is 3. The Morgan fingerprint density at radius 1 is 1.16 bits per heavy atom. The maximum absolute atomic E-state index is 12.4. The van der Waals surface area contributed by atoms with E-state index in [4.69, 9.17) is 9.47 Å². The number of anilines is 1. The predicted octanol–water partition coefficient (Wildman–Crippen LogP) is 3.41. The fraction of sp³-hybridized carbons (Fsp3) is 0.261. The zero-order valence-corrected chi connectivity index (χ0v) is 18.5. The first-order valence-corrected chi connectivity index (χ1v) is 10.2. The van der Waals surface area contributed by atoms with Gasteiger partial charge >= 0.3 is 0 Å². The standard InChI is InChI=1S/C23H27N5O4/c1-5-28(6-2)16-8-7-15(21(29)11-16)14-24-27-23(30)20-13-19(25-26-20)18-12-17(31-3)9-10-22(18)32-4/h7-14,29H,5-6H2,1-4H3,(H,25,26)(H,27,30). The van der Waals surface area contributed by atoms with E-state index in [1.165, 1.54) is 6.21 Å². The molecule has 0 aliphatic rings. The van der Waals surface area contributed by atoms with E-state index in [0.717, 1.165) is 18.8 Å². The number of phenols is 1. The number of methoxy groups -OCH3 is 2. The molecule has 0 spiro atoms. The smallest absolute Gasteiger partial charge is 0.289 e. The molecule has 9 heteroatoms. The summed E-state index contributed by atoms with van der Waals surface area (Å²) in [4.78, 5) is 14.6. The molecule has 0 bridgehead atoms. The molecule has 1 aromatic heterocycles. The van der Waals surface area contributed by atoms with Crippen LogP contribution in [-0.2, 0) is 0 Å². The number of nitrogens with one attached hydrogen (secondary N) is 2. The Morgan fingerprint density at radius 3 is 2.59 bits per heavy atom. The number of H-pyrrole nitrogens is 1. The molecule has 1 amide bonds. The Kier molecular flexibility index (Phi) is 7.33. The second kappa shape index (κ2) is 10.3. The van der Waals surface area contributed by atoms with Crippen molar-refractivity contribution in [3.63, 3.8) is 0 Å². The maximum Gasteiger partial charge on any atom is 0.289 e. The first-order valence-electron chi connectivity index (χ1n) is 10.2. The number of hydrogen-bond acceptors (Lipinski definition) is 7. The molecule has 32 heavy (non-hydrogen) atoms. The van der Waals surface area contributed by atoms with Gasteiger partial charge in [0.2, 0.25) is 0 Å². The van der Waals surface area contributed by atoms with Gasteiger partial charge in [-0.05, 0) is 50.2 Å². The van der Waals surface area contributed by atoms with Crippen molar-refractivity contribution in [2.24, 2.45) is 5.10 Å². The van der Waals surface area contributed by atoms with Gasteiger partial charge in [0.1, 0.15) is 22.9 Å². The van der Waals surface area contributed by atoms with Gasteiger partial charge in [-0.25, -0.2) is 5.43 Å². The molecule has 0 radical (unpaired) electrons. The van der Waals surface area contributed by atoms with Gasteiger partial charge in [-0.1, -0.05) is 0 Å².